The maximum absolute atomic E-state index is 12.3. The molecule has 0 saturated carbocycles. The Kier molecular flexibility index (Phi) is 7.06. The fourth-order valence-corrected chi connectivity index (χ4v) is 4.16. The zero-order valence-electron chi connectivity index (χ0n) is 17.8. The van der Waals surface area contributed by atoms with E-state index in [1.54, 1.807) is 6.07 Å². The molecule has 1 N–H and O–H groups in total. The Balaban J connectivity index is 1.53. The number of carbonyl (C=O) groups is 1. The Morgan fingerprint density at radius 2 is 1.84 bits per heavy atom. The number of hydrogen-bond donors (Lipinski definition) is 1. The molecule has 1 heterocycles. The highest BCUT2D eigenvalue weighted by Crippen LogP contribution is 2.25. The largest absolute Gasteiger partial charge is 0.347 e. The van der Waals surface area contributed by atoms with Crippen LogP contribution < -0.4 is 9.62 Å². The zero-order chi connectivity index (χ0) is 22.4. The van der Waals surface area contributed by atoms with E-state index in [9.17, 15) is 13.2 Å². The van der Waals surface area contributed by atoms with Crippen LogP contribution in [0.4, 0.5) is 5.69 Å². The van der Waals surface area contributed by atoms with Crippen LogP contribution in [0.15, 0.2) is 53.1 Å². The molecule has 0 aliphatic rings. The van der Waals surface area contributed by atoms with Gasteiger partial charge in [-0.3, -0.25) is 9.10 Å². The fraction of sp³-hybridized carbons (Fsp3) is 0.318. The van der Waals surface area contributed by atoms with Crippen LogP contribution in [0.1, 0.15) is 29.9 Å². The van der Waals surface area contributed by atoms with Crippen LogP contribution >= 0.6 is 0 Å². The number of anilines is 1. The lowest BCUT2D eigenvalue weighted by atomic mass is 10.1. The second-order valence-corrected chi connectivity index (χ2v) is 9.22. The minimum atomic E-state index is -3.47. The predicted molar refractivity (Wildman–Crippen MR) is 119 cm³/mol. The summed E-state index contributed by atoms with van der Waals surface area (Å²) in [5.74, 6) is 0.552. The minimum absolute atomic E-state index is 0.117. The van der Waals surface area contributed by atoms with Crippen molar-refractivity contribution in [3.63, 3.8) is 0 Å². The number of carbonyl (C=O) groups excluding carboxylic acids is 1. The third-order valence-electron chi connectivity index (χ3n) is 4.95. The van der Waals surface area contributed by atoms with E-state index in [2.05, 4.69) is 15.5 Å². The Hall–Kier alpha value is -3.20. The molecule has 0 aliphatic heterocycles. The van der Waals surface area contributed by atoms with Crippen LogP contribution in [0.25, 0.3) is 11.4 Å². The van der Waals surface area contributed by atoms with Crippen LogP contribution in [0.2, 0.25) is 0 Å². The van der Waals surface area contributed by atoms with Gasteiger partial charge in [0.25, 0.3) is 0 Å². The standard InChI is InChI=1S/C22H26N4O4S/c1-16-9-7-12-19(17(16)2)26(31(3,28)29)14-8-13-20(27)23-15-21-24-22(25-30-21)18-10-5-4-6-11-18/h4-7,9-12H,8,13-15H2,1-3H3,(H,23,27). The third-order valence-corrected chi connectivity index (χ3v) is 6.13. The summed E-state index contributed by atoms with van der Waals surface area (Å²) in [4.78, 5) is 16.5. The molecular weight excluding hydrogens is 416 g/mol. The third kappa shape index (κ3) is 5.91. The van der Waals surface area contributed by atoms with Crippen LogP contribution in [-0.4, -0.2) is 37.3 Å². The molecule has 31 heavy (non-hydrogen) atoms. The molecule has 0 saturated heterocycles. The van der Waals surface area contributed by atoms with Gasteiger partial charge in [0.15, 0.2) is 0 Å². The number of amides is 1. The molecule has 1 aromatic heterocycles. The summed E-state index contributed by atoms with van der Waals surface area (Å²) in [6, 6.07) is 15.0. The average Bonchev–Trinajstić information content (AvgIpc) is 3.21. The van der Waals surface area contributed by atoms with E-state index in [4.69, 9.17) is 4.52 Å². The van der Waals surface area contributed by atoms with E-state index in [-0.39, 0.29) is 25.4 Å². The second-order valence-electron chi connectivity index (χ2n) is 7.31. The van der Waals surface area contributed by atoms with E-state index in [1.165, 1.54) is 10.6 Å². The van der Waals surface area contributed by atoms with E-state index in [1.807, 2.05) is 56.3 Å². The SMILES string of the molecule is Cc1cccc(N(CCCC(=O)NCc2nc(-c3ccccc3)no2)S(C)(=O)=O)c1C. The van der Waals surface area contributed by atoms with Gasteiger partial charge in [-0.05, 0) is 37.5 Å². The van der Waals surface area contributed by atoms with Gasteiger partial charge in [-0.25, -0.2) is 8.42 Å². The minimum Gasteiger partial charge on any atom is -0.347 e. The summed E-state index contributed by atoms with van der Waals surface area (Å²) in [5, 5.41) is 6.65. The monoisotopic (exact) mass is 442 g/mol. The van der Waals surface area contributed by atoms with Crippen molar-refractivity contribution in [2.75, 3.05) is 17.1 Å². The Morgan fingerprint density at radius 3 is 2.55 bits per heavy atom. The number of benzene rings is 2. The van der Waals surface area contributed by atoms with Crippen molar-refractivity contribution in [2.24, 2.45) is 0 Å². The normalized spacial score (nSPS) is 11.3. The quantitative estimate of drug-likeness (QED) is 0.545. The molecule has 1 amide bonds. The van der Waals surface area contributed by atoms with Gasteiger partial charge in [-0.1, -0.05) is 47.6 Å². The molecule has 8 nitrogen and oxygen atoms in total. The van der Waals surface area contributed by atoms with Gasteiger partial charge < -0.3 is 9.84 Å². The van der Waals surface area contributed by atoms with E-state index in [0.717, 1.165) is 16.7 Å². The second kappa shape index (κ2) is 9.74. The van der Waals surface area contributed by atoms with E-state index < -0.39 is 10.0 Å². The number of aromatic nitrogens is 2. The molecule has 9 heteroatoms. The zero-order valence-corrected chi connectivity index (χ0v) is 18.6. The molecule has 2 aromatic carbocycles. The number of hydrogen-bond acceptors (Lipinski definition) is 6. The molecule has 0 unspecified atom stereocenters. The van der Waals surface area contributed by atoms with E-state index in [0.29, 0.717) is 23.8 Å². The van der Waals surface area contributed by atoms with Crippen molar-refractivity contribution >= 4 is 21.6 Å². The first kappa shape index (κ1) is 22.5. The number of sulfonamides is 1. The van der Waals surface area contributed by atoms with Gasteiger partial charge in [-0.2, -0.15) is 4.98 Å². The molecule has 0 aliphatic carbocycles. The van der Waals surface area contributed by atoms with Crippen molar-refractivity contribution < 1.29 is 17.7 Å². The molecule has 0 atom stereocenters. The van der Waals surface area contributed by atoms with Gasteiger partial charge in [0.2, 0.25) is 27.6 Å². The van der Waals surface area contributed by atoms with Crippen LogP contribution in [-0.2, 0) is 21.4 Å². The molecule has 3 aromatic rings. The van der Waals surface area contributed by atoms with Crippen molar-refractivity contribution in [1.82, 2.24) is 15.5 Å². The van der Waals surface area contributed by atoms with E-state index >= 15 is 0 Å². The van der Waals surface area contributed by atoms with Gasteiger partial charge >= 0.3 is 0 Å². The summed E-state index contributed by atoms with van der Waals surface area (Å²) in [7, 11) is -3.47. The summed E-state index contributed by atoms with van der Waals surface area (Å²) < 4.78 is 31.1. The smallest absolute Gasteiger partial charge is 0.246 e. The summed E-state index contributed by atoms with van der Waals surface area (Å²) in [6.45, 7) is 4.16. The number of rotatable bonds is 9. The lowest BCUT2D eigenvalue weighted by molar-refractivity contribution is -0.121. The molecule has 3 rings (SSSR count). The maximum Gasteiger partial charge on any atom is 0.246 e. The Morgan fingerprint density at radius 1 is 1.10 bits per heavy atom. The fourth-order valence-electron chi connectivity index (χ4n) is 3.15. The van der Waals surface area contributed by atoms with Crippen LogP contribution in [0.3, 0.4) is 0 Å². The molecule has 0 bridgehead atoms. The van der Waals surface area contributed by atoms with Gasteiger partial charge in [0, 0.05) is 18.5 Å². The first-order valence-electron chi connectivity index (χ1n) is 9.94. The van der Waals surface area contributed by atoms with Crippen LogP contribution in [0, 0.1) is 13.8 Å². The predicted octanol–water partition coefficient (Wildman–Crippen LogP) is 3.22. The molecule has 0 spiro atoms. The number of nitrogens with one attached hydrogen (secondary N) is 1. The van der Waals surface area contributed by atoms with Gasteiger partial charge in [-0.15, -0.1) is 0 Å². The van der Waals surface area contributed by atoms with Crippen LogP contribution in [0.5, 0.6) is 0 Å². The summed E-state index contributed by atoms with van der Waals surface area (Å²) in [5.41, 5.74) is 3.39. The van der Waals surface area contributed by atoms with Crippen molar-refractivity contribution in [3.05, 3.63) is 65.5 Å². The highest BCUT2D eigenvalue weighted by atomic mass is 32.2. The number of nitrogens with zero attached hydrogens (tertiary/aromatic N) is 3. The van der Waals surface area contributed by atoms with Crippen molar-refractivity contribution in [2.45, 2.75) is 33.2 Å². The first-order chi connectivity index (χ1) is 14.8. The topological polar surface area (TPSA) is 105 Å². The van der Waals surface area contributed by atoms with Gasteiger partial charge in [0.1, 0.15) is 0 Å². The number of aryl methyl sites for hydroxylation is 1. The maximum atomic E-state index is 12.3. The lowest BCUT2D eigenvalue weighted by Gasteiger charge is -2.24. The summed E-state index contributed by atoms with van der Waals surface area (Å²) >= 11 is 0. The average molecular weight is 443 g/mol. The van der Waals surface area contributed by atoms with Crippen molar-refractivity contribution in [3.8, 4) is 11.4 Å². The first-order valence-corrected chi connectivity index (χ1v) is 11.8. The Labute approximate surface area is 182 Å². The lowest BCUT2D eigenvalue weighted by Crippen LogP contribution is -2.32. The summed E-state index contributed by atoms with van der Waals surface area (Å²) in [6.07, 6.45) is 1.73. The highest BCUT2D eigenvalue weighted by molar-refractivity contribution is 7.92. The highest BCUT2D eigenvalue weighted by Gasteiger charge is 2.20. The molecule has 0 fully saturated rings. The molecule has 0 radical (unpaired) electrons. The molecule has 164 valence electrons. The Bertz CT molecular complexity index is 1140. The van der Waals surface area contributed by atoms with Gasteiger partial charge in [0.05, 0.1) is 18.5 Å². The van der Waals surface area contributed by atoms with Crippen molar-refractivity contribution in [1.29, 1.82) is 0 Å². The molecular formula is C22H26N4O4S.